The van der Waals surface area contributed by atoms with Gasteiger partial charge in [0.1, 0.15) is 17.9 Å². The molecule has 0 aromatic heterocycles. The van der Waals surface area contributed by atoms with E-state index in [0.717, 1.165) is 11.0 Å². The number of carbonyl (C=O) groups is 3. The average molecular weight is 524 g/mol. The molecule has 0 bridgehead atoms. The van der Waals surface area contributed by atoms with Crippen LogP contribution in [0.1, 0.15) is 31.9 Å². The molecule has 9 nitrogen and oxygen atoms in total. The molecule has 0 aliphatic carbocycles. The third kappa shape index (κ3) is 6.62. The van der Waals surface area contributed by atoms with Crippen molar-refractivity contribution in [3.8, 4) is 11.5 Å². The molecule has 36 heavy (non-hydrogen) atoms. The summed E-state index contributed by atoms with van der Waals surface area (Å²) in [5.41, 5.74) is -2.35. The van der Waals surface area contributed by atoms with Crippen molar-refractivity contribution < 1.29 is 42.0 Å². The van der Waals surface area contributed by atoms with Crippen molar-refractivity contribution in [3.63, 3.8) is 0 Å². The summed E-state index contributed by atoms with van der Waals surface area (Å²) in [6.07, 6.45) is -3.34. The fraction of sp³-hybridized carbons (Fsp3) is 0.261. The normalized spacial score (nSPS) is 15.4. The highest BCUT2D eigenvalue weighted by Crippen LogP contribution is 2.38. The van der Waals surface area contributed by atoms with E-state index in [2.05, 4.69) is 0 Å². The molecule has 190 valence electrons. The van der Waals surface area contributed by atoms with Crippen LogP contribution in [-0.2, 0) is 20.5 Å². The lowest BCUT2D eigenvalue weighted by Crippen LogP contribution is -2.37. The van der Waals surface area contributed by atoms with Crippen molar-refractivity contribution in [1.82, 2.24) is 4.90 Å². The molecule has 1 heterocycles. The molecule has 2 aromatic carbocycles. The SMILES string of the molecule is CC(C)(C)OC(=O)CN1C(=O)SC(=Cc2ccc(Oc3ccc(C(F)(F)F)cc3[N+](=O)[O-])cc2)C1=O. The highest BCUT2D eigenvalue weighted by molar-refractivity contribution is 8.18. The molecule has 3 rings (SSSR count). The lowest BCUT2D eigenvalue weighted by atomic mass is 10.1. The molecule has 0 atom stereocenters. The number of thioether (sulfide) groups is 1. The van der Waals surface area contributed by atoms with Gasteiger partial charge in [-0.1, -0.05) is 12.1 Å². The first kappa shape index (κ1) is 26.7. The standard InChI is InChI=1S/C23H19F3N2O7S/c1-22(2,3)35-19(29)12-27-20(30)18(36-21(27)31)10-13-4-7-15(8-5-13)34-17-9-6-14(23(24,25)26)11-16(17)28(32)33/h4-11H,12H2,1-3H3. The van der Waals surface area contributed by atoms with E-state index in [1.165, 1.54) is 30.3 Å². The number of nitrogens with zero attached hydrogens (tertiary/aromatic N) is 2. The van der Waals surface area contributed by atoms with Gasteiger partial charge in [0.2, 0.25) is 5.75 Å². The number of halogens is 3. The van der Waals surface area contributed by atoms with E-state index in [9.17, 15) is 37.7 Å². The first-order valence-electron chi connectivity index (χ1n) is 10.2. The van der Waals surface area contributed by atoms with Gasteiger partial charge in [-0.25, -0.2) is 0 Å². The fourth-order valence-electron chi connectivity index (χ4n) is 2.97. The van der Waals surface area contributed by atoms with Gasteiger partial charge < -0.3 is 9.47 Å². The van der Waals surface area contributed by atoms with Crippen molar-refractivity contribution in [3.05, 3.63) is 68.6 Å². The Morgan fingerprint density at radius 2 is 1.75 bits per heavy atom. The number of amides is 2. The van der Waals surface area contributed by atoms with E-state index < -0.39 is 51.6 Å². The zero-order valence-electron chi connectivity index (χ0n) is 19.1. The monoisotopic (exact) mass is 524 g/mol. The Bertz CT molecular complexity index is 1250. The number of imide groups is 1. The molecule has 2 aromatic rings. The van der Waals surface area contributed by atoms with Crippen LogP contribution in [0.4, 0.5) is 23.7 Å². The van der Waals surface area contributed by atoms with Gasteiger partial charge in [0.15, 0.2) is 0 Å². The summed E-state index contributed by atoms with van der Waals surface area (Å²) in [5, 5.41) is 10.6. The third-order valence-corrected chi connectivity index (χ3v) is 5.38. The van der Waals surface area contributed by atoms with Gasteiger partial charge in [0.25, 0.3) is 11.1 Å². The summed E-state index contributed by atoms with van der Waals surface area (Å²) in [7, 11) is 0. The second-order valence-corrected chi connectivity index (χ2v) is 9.46. The van der Waals surface area contributed by atoms with Gasteiger partial charge in [-0.3, -0.25) is 29.4 Å². The van der Waals surface area contributed by atoms with Crippen molar-refractivity contribution in [2.24, 2.45) is 0 Å². The highest BCUT2D eigenvalue weighted by atomic mass is 32.2. The van der Waals surface area contributed by atoms with Gasteiger partial charge in [-0.2, -0.15) is 13.2 Å². The van der Waals surface area contributed by atoms with Crippen molar-refractivity contribution in [2.75, 3.05) is 6.54 Å². The summed E-state index contributed by atoms with van der Waals surface area (Å²) in [6, 6.07) is 7.65. The number of alkyl halides is 3. The lowest BCUT2D eigenvalue weighted by molar-refractivity contribution is -0.385. The van der Waals surface area contributed by atoms with Gasteiger partial charge in [-0.05, 0) is 68.4 Å². The number of rotatable bonds is 6. The summed E-state index contributed by atoms with van der Waals surface area (Å²) in [4.78, 5) is 47.8. The summed E-state index contributed by atoms with van der Waals surface area (Å²) < 4.78 is 49.1. The molecule has 1 fully saturated rings. The molecular weight excluding hydrogens is 505 g/mol. The van der Waals surface area contributed by atoms with Crippen LogP contribution in [0, 0.1) is 10.1 Å². The van der Waals surface area contributed by atoms with E-state index in [4.69, 9.17) is 9.47 Å². The molecule has 0 saturated carbocycles. The smallest absolute Gasteiger partial charge is 0.416 e. The van der Waals surface area contributed by atoms with Gasteiger partial charge in [-0.15, -0.1) is 0 Å². The van der Waals surface area contributed by atoms with E-state index in [0.29, 0.717) is 29.5 Å². The van der Waals surface area contributed by atoms with Crippen molar-refractivity contribution in [1.29, 1.82) is 0 Å². The Hall–Kier alpha value is -3.87. The minimum absolute atomic E-state index is 0.0654. The molecule has 0 spiro atoms. The topological polar surface area (TPSA) is 116 Å². The Kier molecular flexibility index (Phi) is 7.43. The van der Waals surface area contributed by atoms with Crippen LogP contribution < -0.4 is 4.74 Å². The molecule has 13 heteroatoms. The maximum atomic E-state index is 12.9. The van der Waals surface area contributed by atoms with E-state index in [-0.39, 0.29) is 16.4 Å². The first-order valence-corrected chi connectivity index (χ1v) is 11.1. The molecule has 1 saturated heterocycles. The summed E-state index contributed by atoms with van der Waals surface area (Å²) >= 11 is 0.645. The van der Waals surface area contributed by atoms with Crippen LogP contribution in [0.15, 0.2) is 47.4 Å². The van der Waals surface area contributed by atoms with Crippen LogP contribution in [-0.4, -0.2) is 39.1 Å². The highest BCUT2D eigenvalue weighted by Gasteiger charge is 2.37. The molecule has 0 N–H and O–H groups in total. The van der Waals surface area contributed by atoms with E-state index >= 15 is 0 Å². The molecule has 0 radical (unpaired) electrons. The van der Waals surface area contributed by atoms with Gasteiger partial charge in [0, 0.05) is 6.07 Å². The lowest BCUT2D eigenvalue weighted by Gasteiger charge is -2.21. The van der Waals surface area contributed by atoms with Crippen LogP contribution in [0.2, 0.25) is 0 Å². The second kappa shape index (κ2) is 10.0. The van der Waals surface area contributed by atoms with E-state index in [1.54, 1.807) is 20.8 Å². The summed E-state index contributed by atoms with van der Waals surface area (Å²) in [5.74, 6) is -1.70. The van der Waals surface area contributed by atoms with Crippen LogP contribution in [0.5, 0.6) is 11.5 Å². The Balaban J connectivity index is 1.74. The number of hydrogen-bond donors (Lipinski definition) is 0. The largest absolute Gasteiger partial charge is 0.459 e. The third-order valence-electron chi connectivity index (χ3n) is 4.47. The minimum atomic E-state index is -4.75. The number of carbonyl (C=O) groups excluding carboxylic acids is 3. The Morgan fingerprint density at radius 3 is 2.31 bits per heavy atom. The van der Waals surface area contributed by atoms with Gasteiger partial charge >= 0.3 is 17.8 Å². The average Bonchev–Trinajstić information content (AvgIpc) is 3.00. The fourth-order valence-corrected chi connectivity index (χ4v) is 3.81. The maximum absolute atomic E-state index is 12.9. The molecule has 1 aliphatic rings. The predicted molar refractivity (Wildman–Crippen MR) is 123 cm³/mol. The number of hydrogen-bond acceptors (Lipinski definition) is 8. The Morgan fingerprint density at radius 1 is 1.11 bits per heavy atom. The minimum Gasteiger partial charge on any atom is -0.459 e. The summed E-state index contributed by atoms with van der Waals surface area (Å²) in [6.45, 7) is 4.43. The maximum Gasteiger partial charge on any atom is 0.416 e. The van der Waals surface area contributed by atoms with Gasteiger partial charge in [0.05, 0.1) is 15.4 Å². The number of nitro groups is 1. The van der Waals surface area contributed by atoms with Crippen LogP contribution >= 0.6 is 11.8 Å². The van der Waals surface area contributed by atoms with Crippen LogP contribution in [0.3, 0.4) is 0 Å². The predicted octanol–water partition coefficient (Wildman–Crippen LogP) is 5.78. The number of esters is 1. The Labute approximate surface area is 207 Å². The first-order chi connectivity index (χ1) is 16.6. The van der Waals surface area contributed by atoms with E-state index in [1.807, 2.05) is 0 Å². The molecular formula is C23H19F3N2O7S. The van der Waals surface area contributed by atoms with Crippen molar-refractivity contribution in [2.45, 2.75) is 32.5 Å². The van der Waals surface area contributed by atoms with Crippen molar-refractivity contribution >= 4 is 40.6 Å². The molecule has 0 unspecified atom stereocenters. The quantitative estimate of drug-likeness (QED) is 0.202. The zero-order valence-corrected chi connectivity index (χ0v) is 19.9. The second-order valence-electron chi connectivity index (χ2n) is 8.46. The number of nitro benzene ring substituents is 1. The number of benzene rings is 2. The molecule has 1 aliphatic heterocycles. The number of ether oxygens (including phenoxy) is 2. The van der Waals surface area contributed by atoms with Crippen LogP contribution in [0.25, 0.3) is 6.08 Å². The zero-order chi connectivity index (χ0) is 26.8. The molecule has 2 amide bonds.